The van der Waals surface area contributed by atoms with E-state index < -0.39 is 0 Å². The number of halogens is 1. The summed E-state index contributed by atoms with van der Waals surface area (Å²) in [5, 5.41) is 1.31. The average Bonchev–Trinajstić information content (AvgIpc) is 2.83. The van der Waals surface area contributed by atoms with E-state index in [2.05, 4.69) is 65.9 Å². The summed E-state index contributed by atoms with van der Waals surface area (Å²) >= 11 is 5.50. The Hall–Kier alpha value is -1.12. The van der Waals surface area contributed by atoms with Crippen molar-refractivity contribution in [3.05, 3.63) is 64.0 Å². The van der Waals surface area contributed by atoms with E-state index in [1.54, 1.807) is 11.3 Å². The molecule has 0 aliphatic rings. The van der Waals surface area contributed by atoms with Gasteiger partial charge in [-0.25, -0.2) is 0 Å². The largest absolute Gasteiger partial charge is 0.128 e. The maximum Gasteiger partial charge on any atom is 0.0789 e. The van der Waals surface area contributed by atoms with Crippen molar-refractivity contribution in [1.29, 1.82) is 0 Å². The van der Waals surface area contributed by atoms with Gasteiger partial charge < -0.3 is 0 Å². The molecule has 0 saturated heterocycles. The molecule has 0 atom stereocenters. The molecule has 1 heterocycles. The van der Waals surface area contributed by atoms with Crippen molar-refractivity contribution in [3.63, 3.8) is 0 Å². The highest BCUT2D eigenvalue weighted by molar-refractivity contribution is 9.11. The SMILES string of the molecule is C=C/C=C(\C=C/C)c1c(Br)sc2cc(CC)ccc12.CC. The van der Waals surface area contributed by atoms with Crippen LogP contribution in [-0.2, 0) is 6.42 Å². The lowest BCUT2D eigenvalue weighted by Gasteiger charge is -2.03. The maximum atomic E-state index is 3.81. The Kier molecular flexibility index (Phi) is 7.69. The molecule has 0 aliphatic carbocycles. The summed E-state index contributed by atoms with van der Waals surface area (Å²) < 4.78 is 2.52. The Morgan fingerprint density at radius 3 is 2.62 bits per heavy atom. The van der Waals surface area contributed by atoms with Gasteiger partial charge in [0.1, 0.15) is 0 Å². The van der Waals surface area contributed by atoms with Crippen molar-refractivity contribution in [2.24, 2.45) is 0 Å². The quantitative estimate of drug-likeness (QED) is 0.497. The number of aryl methyl sites for hydroxylation is 1. The molecule has 0 bridgehead atoms. The number of rotatable bonds is 4. The minimum Gasteiger partial charge on any atom is -0.128 e. The highest BCUT2D eigenvalue weighted by Crippen LogP contribution is 2.40. The third kappa shape index (κ3) is 4.18. The Morgan fingerprint density at radius 2 is 2.05 bits per heavy atom. The van der Waals surface area contributed by atoms with E-state index in [1.807, 2.05) is 26.8 Å². The molecule has 2 aromatic rings. The number of hydrogen-bond donors (Lipinski definition) is 0. The normalized spacial score (nSPS) is 11.6. The minimum absolute atomic E-state index is 1.07. The van der Waals surface area contributed by atoms with E-state index in [4.69, 9.17) is 0 Å². The van der Waals surface area contributed by atoms with Crippen molar-refractivity contribution >= 4 is 42.9 Å². The summed E-state index contributed by atoms with van der Waals surface area (Å²) in [6.45, 7) is 12.0. The number of hydrogen-bond acceptors (Lipinski definition) is 1. The molecule has 0 unspecified atom stereocenters. The average molecular weight is 363 g/mol. The summed E-state index contributed by atoms with van der Waals surface area (Å²) in [6.07, 6.45) is 9.16. The van der Waals surface area contributed by atoms with Gasteiger partial charge in [0.25, 0.3) is 0 Å². The first-order chi connectivity index (χ1) is 10.2. The molecule has 0 N–H and O–H groups in total. The molecule has 21 heavy (non-hydrogen) atoms. The van der Waals surface area contributed by atoms with Crippen molar-refractivity contribution in [3.8, 4) is 0 Å². The van der Waals surface area contributed by atoms with E-state index in [0.717, 1.165) is 6.42 Å². The molecule has 1 aromatic heterocycles. The van der Waals surface area contributed by atoms with Gasteiger partial charge in [-0.15, -0.1) is 11.3 Å². The highest BCUT2D eigenvalue weighted by atomic mass is 79.9. The predicted molar refractivity (Wildman–Crippen MR) is 103 cm³/mol. The zero-order valence-corrected chi connectivity index (χ0v) is 15.6. The second-order valence-corrected chi connectivity index (χ2v) is 6.66. The van der Waals surface area contributed by atoms with Gasteiger partial charge in [-0.3, -0.25) is 0 Å². The van der Waals surface area contributed by atoms with Crippen molar-refractivity contribution in [2.45, 2.75) is 34.1 Å². The molecule has 1 aromatic carbocycles. The molecule has 2 heteroatoms. The van der Waals surface area contributed by atoms with Gasteiger partial charge in [-0.2, -0.15) is 0 Å². The van der Waals surface area contributed by atoms with Crippen molar-refractivity contribution < 1.29 is 0 Å². The molecule has 0 radical (unpaired) electrons. The second kappa shape index (κ2) is 9.01. The van der Waals surface area contributed by atoms with E-state index in [-0.39, 0.29) is 0 Å². The first-order valence-corrected chi connectivity index (χ1v) is 8.99. The van der Waals surface area contributed by atoms with Crippen molar-refractivity contribution in [1.82, 2.24) is 0 Å². The van der Waals surface area contributed by atoms with E-state index in [9.17, 15) is 0 Å². The first kappa shape index (κ1) is 17.9. The molecular weight excluding hydrogens is 340 g/mol. The zero-order chi connectivity index (χ0) is 15.8. The van der Waals surface area contributed by atoms with E-state index in [0.29, 0.717) is 0 Å². The highest BCUT2D eigenvalue weighted by Gasteiger charge is 2.12. The van der Waals surface area contributed by atoms with Gasteiger partial charge in [-0.1, -0.05) is 63.8 Å². The van der Waals surface area contributed by atoms with Gasteiger partial charge in [-0.05, 0) is 46.5 Å². The molecule has 0 saturated carbocycles. The Labute approximate surface area is 141 Å². The number of fused-ring (bicyclic) bond motifs is 1. The Bertz CT molecular complexity index is 660. The topological polar surface area (TPSA) is 0 Å². The van der Waals surface area contributed by atoms with Gasteiger partial charge in [0.15, 0.2) is 0 Å². The van der Waals surface area contributed by atoms with Crippen LogP contribution in [0, 0.1) is 0 Å². The summed E-state index contributed by atoms with van der Waals surface area (Å²) in [4.78, 5) is 0. The van der Waals surface area contributed by atoms with Crippen LogP contribution in [0.3, 0.4) is 0 Å². The first-order valence-electron chi connectivity index (χ1n) is 7.38. The van der Waals surface area contributed by atoms with Crippen LogP contribution in [0.2, 0.25) is 0 Å². The molecule has 0 amide bonds. The molecule has 0 spiro atoms. The summed E-state index contributed by atoms with van der Waals surface area (Å²) in [5.74, 6) is 0. The zero-order valence-electron chi connectivity index (χ0n) is 13.2. The molecule has 0 fully saturated rings. The van der Waals surface area contributed by atoms with Crippen molar-refractivity contribution in [2.75, 3.05) is 0 Å². The van der Waals surface area contributed by atoms with Gasteiger partial charge in [0, 0.05) is 15.6 Å². The molecule has 0 aliphatic heterocycles. The van der Waals surface area contributed by atoms with Crippen LogP contribution in [0.15, 0.2) is 52.9 Å². The number of benzene rings is 1. The van der Waals surface area contributed by atoms with Crippen LogP contribution < -0.4 is 0 Å². The standard InChI is InChI=1S/C17H17BrS.C2H6/c1-4-7-13(8-5-2)16-14-10-9-12(6-3)11-15(14)19-17(16)18;1-2/h4-5,7-11H,1,6H2,2-3H3;1-2H3/b8-5-,13-7+;. The minimum atomic E-state index is 1.07. The van der Waals surface area contributed by atoms with Crippen LogP contribution in [0.25, 0.3) is 15.7 Å². The molecular formula is C19H23BrS. The van der Waals surface area contributed by atoms with Crippen LogP contribution in [0.4, 0.5) is 0 Å². The smallest absolute Gasteiger partial charge is 0.0789 e. The van der Waals surface area contributed by atoms with Crippen LogP contribution >= 0.6 is 27.3 Å². The molecule has 0 nitrogen and oxygen atoms in total. The van der Waals surface area contributed by atoms with Crippen LogP contribution in [0.5, 0.6) is 0 Å². The Balaban J connectivity index is 0.00000106. The fourth-order valence-electron chi connectivity index (χ4n) is 2.13. The lowest BCUT2D eigenvalue weighted by atomic mass is 10.0. The lowest BCUT2D eigenvalue weighted by Crippen LogP contribution is -1.82. The number of allylic oxidation sites excluding steroid dienone is 5. The van der Waals surface area contributed by atoms with Gasteiger partial charge in [0.05, 0.1) is 3.79 Å². The fraction of sp³-hybridized carbons (Fsp3) is 0.263. The van der Waals surface area contributed by atoms with Gasteiger partial charge >= 0.3 is 0 Å². The monoisotopic (exact) mass is 362 g/mol. The summed E-state index contributed by atoms with van der Waals surface area (Å²) in [7, 11) is 0. The maximum absolute atomic E-state index is 3.81. The number of thiophene rings is 1. The third-order valence-corrected chi connectivity index (χ3v) is 4.88. The summed E-state index contributed by atoms with van der Waals surface area (Å²) in [6, 6.07) is 6.73. The van der Waals surface area contributed by atoms with E-state index >= 15 is 0 Å². The van der Waals surface area contributed by atoms with Crippen LogP contribution in [-0.4, -0.2) is 0 Å². The second-order valence-electron chi connectivity index (χ2n) is 4.29. The van der Waals surface area contributed by atoms with Crippen LogP contribution in [0.1, 0.15) is 38.8 Å². The summed E-state index contributed by atoms with van der Waals surface area (Å²) in [5.41, 5.74) is 3.84. The van der Waals surface area contributed by atoms with Gasteiger partial charge in [0.2, 0.25) is 0 Å². The molecule has 112 valence electrons. The Morgan fingerprint density at radius 1 is 1.33 bits per heavy atom. The fourth-order valence-corrected chi connectivity index (χ4v) is 4.11. The molecule has 2 rings (SSSR count). The predicted octanol–water partition coefficient (Wildman–Crippen LogP) is 7.40. The lowest BCUT2D eigenvalue weighted by molar-refractivity contribution is 1.15. The third-order valence-electron chi connectivity index (χ3n) is 3.05. The van der Waals surface area contributed by atoms with E-state index in [1.165, 1.54) is 30.6 Å².